The molecule has 1 amide bonds. The van der Waals surface area contributed by atoms with Crippen LogP contribution in [-0.2, 0) is 11.3 Å². The molecule has 1 heterocycles. The van der Waals surface area contributed by atoms with Crippen molar-refractivity contribution in [2.24, 2.45) is 0 Å². The van der Waals surface area contributed by atoms with Crippen molar-refractivity contribution in [1.82, 2.24) is 4.90 Å². The number of rotatable bonds is 5. The van der Waals surface area contributed by atoms with E-state index in [-0.39, 0.29) is 12.5 Å². The summed E-state index contributed by atoms with van der Waals surface area (Å²) in [5.41, 5.74) is 0. The Labute approximate surface area is 131 Å². The summed E-state index contributed by atoms with van der Waals surface area (Å²) in [4.78, 5) is 14.7. The zero-order chi connectivity index (χ0) is 14.5. The molecule has 0 fully saturated rings. The molecule has 0 atom stereocenters. The first-order valence-corrected chi connectivity index (χ1v) is 7.54. The minimum atomic E-state index is -0.130. The molecule has 20 heavy (non-hydrogen) atoms. The molecule has 0 saturated carbocycles. The summed E-state index contributed by atoms with van der Waals surface area (Å²) in [5, 5.41) is 2.77. The summed E-state index contributed by atoms with van der Waals surface area (Å²) in [5.74, 6) is 0.211. The Morgan fingerprint density at radius 2 is 1.95 bits per heavy atom. The molecule has 6 heteroatoms. The number of hydrogen-bond donors (Lipinski definition) is 0. The average molecular weight is 330 g/mol. The van der Waals surface area contributed by atoms with Gasteiger partial charge in [0.05, 0.1) is 16.6 Å². The van der Waals surface area contributed by atoms with Gasteiger partial charge in [-0.15, -0.1) is 11.3 Å². The van der Waals surface area contributed by atoms with E-state index in [1.54, 1.807) is 41.5 Å². The number of benzene rings is 1. The first-order chi connectivity index (χ1) is 9.58. The van der Waals surface area contributed by atoms with Crippen LogP contribution in [0.5, 0.6) is 5.75 Å². The summed E-state index contributed by atoms with van der Waals surface area (Å²) in [6.07, 6.45) is 0. The lowest BCUT2D eigenvalue weighted by molar-refractivity contribution is -0.132. The molecule has 0 aliphatic rings. The highest BCUT2D eigenvalue weighted by atomic mass is 35.5. The number of carbonyl (C=O) groups excluding carboxylic acids is 1. The average Bonchev–Trinajstić information content (AvgIpc) is 2.90. The molecule has 0 aliphatic heterocycles. The molecule has 0 radical (unpaired) electrons. The minimum Gasteiger partial charge on any atom is -0.481 e. The number of halogens is 2. The van der Waals surface area contributed by atoms with E-state index < -0.39 is 0 Å². The zero-order valence-electron chi connectivity index (χ0n) is 10.8. The third-order valence-electron chi connectivity index (χ3n) is 2.66. The van der Waals surface area contributed by atoms with Gasteiger partial charge in [0.15, 0.2) is 12.4 Å². The predicted molar refractivity (Wildman–Crippen MR) is 82.8 cm³/mol. The number of hydrogen-bond acceptors (Lipinski definition) is 3. The number of nitrogens with zero attached hydrogens (tertiary/aromatic N) is 1. The quantitative estimate of drug-likeness (QED) is 0.826. The van der Waals surface area contributed by atoms with Gasteiger partial charge in [-0.2, -0.15) is 0 Å². The Hall–Kier alpha value is -1.23. The molecule has 0 bridgehead atoms. The van der Waals surface area contributed by atoms with Crippen molar-refractivity contribution in [3.8, 4) is 5.75 Å². The van der Waals surface area contributed by atoms with Gasteiger partial charge >= 0.3 is 0 Å². The fourth-order valence-electron chi connectivity index (χ4n) is 1.59. The van der Waals surface area contributed by atoms with Gasteiger partial charge in [-0.3, -0.25) is 4.79 Å². The van der Waals surface area contributed by atoms with Gasteiger partial charge in [0, 0.05) is 11.9 Å². The Bertz CT molecular complexity index is 567. The summed E-state index contributed by atoms with van der Waals surface area (Å²) in [6, 6.07) is 9.01. The first kappa shape index (κ1) is 15.2. The fourth-order valence-corrected chi connectivity index (χ4v) is 2.85. The van der Waals surface area contributed by atoms with Crippen LogP contribution in [0.25, 0.3) is 0 Å². The Morgan fingerprint density at radius 1 is 1.25 bits per heavy atom. The summed E-state index contributed by atoms with van der Waals surface area (Å²) in [6.45, 7) is 0.474. The second kappa shape index (κ2) is 6.97. The number of para-hydroxylation sites is 1. The molecular formula is C14H13Cl2NO2S. The van der Waals surface area contributed by atoms with Gasteiger partial charge in [0.2, 0.25) is 0 Å². The Morgan fingerprint density at radius 3 is 2.55 bits per heavy atom. The molecule has 2 aromatic rings. The van der Waals surface area contributed by atoms with Crippen LogP contribution in [0.15, 0.2) is 35.7 Å². The zero-order valence-corrected chi connectivity index (χ0v) is 13.1. The largest absolute Gasteiger partial charge is 0.481 e. The normalized spacial score (nSPS) is 10.3. The van der Waals surface area contributed by atoms with Crippen LogP contribution in [0.1, 0.15) is 4.88 Å². The van der Waals surface area contributed by atoms with Gasteiger partial charge in [0.25, 0.3) is 5.91 Å². The van der Waals surface area contributed by atoms with E-state index in [1.165, 1.54) is 0 Å². The van der Waals surface area contributed by atoms with E-state index in [0.29, 0.717) is 22.3 Å². The summed E-state index contributed by atoms with van der Waals surface area (Å²) >= 11 is 13.6. The maximum absolute atomic E-state index is 12.0. The highest BCUT2D eigenvalue weighted by Gasteiger charge is 2.13. The van der Waals surface area contributed by atoms with E-state index >= 15 is 0 Å². The van der Waals surface area contributed by atoms with Crippen molar-refractivity contribution >= 4 is 40.4 Å². The van der Waals surface area contributed by atoms with E-state index in [9.17, 15) is 4.79 Å². The standard InChI is InChI=1S/C14H13Cl2NO2S/c1-17(8-10-4-3-7-20-10)13(18)9-19-14-11(15)5-2-6-12(14)16/h2-7H,8-9H2,1H3. The molecule has 3 nitrogen and oxygen atoms in total. The SMILES string of the molecule is CN(Cc1cccs1)C(=O)COc1c(Cl)cccc1Cl. The lowest BCUT2D eigenvalue weighted by Crippen LogP contribution is -2.30. The van der Waals surface area contributed by atoms with Crippen molar-refractivity contribution < 1.29 is 9.53 Å². The molecule has 0 spiro atoms. The highest BCUT2D eigenvalue weighted by Crippen LogP contribution is 2.32. The number of amides is 1. The summed E-state index contributed by atoms with van der Waals surface area (Å²) < 4.78 is 5.42. The van der Waals surface area contributed by atoms with Crippen LogP contribution in [0.3, 0.4) is 0 Å². The number of ether oxygens (including phenoxy) is 1. The maximum atomic E-state index is 12.0. The van der Waals surface area contributed by atoms with Gasteiger partial charge in [0.1, 0.15) is 0 Å². The molecule has 1 aromatic heterocycles. The Balaban J connectivity index is 1.91. The van der Waals surface area contributed by atoms with Crippen LogP contribution in [0, 0.1) is 0 Å². The maximum Gasteiger partial charge on any atom is 0.260 e. The predicted octanol–water partition coefficient (Wildman–Crippen LogP) is 4.09. The monoisotopic (exact) mass is 329 g/mol. The molecule has 0 aliphatic carbocycles. The molecule has 1 aromatic carbocycles. The molecule has 0 saturated heterocycles. The van der Waals surface area contributed by atoms with Crippen molar-refractivity contribution in [2.75, 3.05) is 13.7 Å². The van der Waals surface area contributed by atoms with E-state index in [1.807, 2.05) is 17.5 Å². The van der Waals surface area contributed by atoms with Crippen LogP contribution in [0.2, 0.25) is 10.0 Å². The van der Waals surface area contributed by atoms with Crippen LogP contribution >= 0.6 is 34.5 Å². The topological polar surface area (TPSA) is 29.5 Å². The van der Waals surface area contributed by atoms with Crippen molar-refractivity contribution in [3.63, 3.8) is 0 Å². The first-order valence-electron chi connectivity index (χ1n) is 5.91. The molecule has 2 rings (SSSR count). The van der Waals surface area contributed by atoms with Gasteiger partial charge < -0.3 is 9.64 Å². The van der Waals surface area contributed by atoms with E-state index in [4.69, 9.17) is 27.9 Å². The second-order valence-electron chi connectivity index (χ2n) is 4.17. The second-order valence-corrected chi connectivity index (χ2v) is 6.02. The minimum absolute atomic E-state index is 0.0919. The molecule has 106 valence electrons. The number of thiophene rings is 1. The smallest absolute Gasteiger partial charge is 0.260 e. The fraction of sp³-hybridized carbons (Fsp3) is 0.214. The van der Waals surface area contributed by atoms with Crippen LogP contribution in [-0.4, -0.2) is 24.5 Å². The molecule has 0 unspecified atom stereocenters. The molecular weight excluding hydrogens is 317 g/mol. The van der Waals surface area contributed by atoms with Gasteiger partial charge in [-0.1, -0.05) is 35.3 Å². The van der Waals surface area contributed by atoms with Crippen LogP contribution < -0.4 is 4.74 Å². The lowest BCUT2D eigenvalue weighted by Gasteiger charge is -2.17. The van der Waals surface area contributed by atoms with Crippen molar-refractivity contribution in [3.05, 3.63) is 50.6 Å². The third kappa shape index (κ3) is 3.88. The number of carbonyl (C=O) groups is 1. The highest BCUT2D eigenvalue weighted by molar-refractivity contribution is 7.09. The Kier molecular flexibility index (Phi) is 5.29. The van der Waals surface area contributed by atoms with Crippen molar-refractivity contribution in [2.45, 2.75) is 6.54 Å². The van der Waals surface area contributed by atoms with E-state index in [0.717, 1.165) is 4.88 Å². The van der Waals surface area contributed by atoms with Gasteiger partial charge in [-0.25, -0.2) is 0 Å². The summed E-state index contributed by atoms with van der Waals surface area (Å²) in [7, 11) is 1.74. The number of likely N-dealkylation sites (N-methyl/N-ethyl adjacent to an activating group) is 1. The van der Waals surface area contributed by atoms with E-state index in [2.05, 4.69) is 0 Å². The van der Waals surface area contributed by atoms with Crippen molar-refractivity contribution in [1.29, 1.82) is 0 Å². The molecule has 0 N–H and O–H groups in total. The van der Waals surface area contributed by atoms with Gasteiger partial charge in [-0.05, 0) is 23.6 Å². The third-order valence-corrected chi connectivity index (χ3v) is 4.11. The van der Waals surface area contributed by atoms with Crippen LogP contribution in [0.4, 0.5) is 0 Å². The lowest BCUT2D eigenvalue weighted by atomic mass is 10.3.